The molecule has 24 heavy (non-hydrogen) atoms. The van der Waals surface area contributed by atoms with Crippen LogP contribution in [0, 0.1) is 18.3 Å². The van der Waals surface area contributed by atoms with Crippen molar-refractivity contribution in [2.75, 3.05) is 19.7 Å². The van der Waals surface area contributed by atoms with Gasteiger partial charge in [0.2, 0.25) is 5.91 Å². The Bertz CT molecular complexity index is 651. The molecule has 1 saturated heterocycles. The first-order valence-electron chi connectivity index (χ1n) is 7.74. The first kappa shape index (κ1) is 17.5. The fourth-order valence-corrected chi connectivity index (χ4v) is 2.63. The monoisotopic (exact) mass is 328 g/mol. The van der Waals surface area contributed by atoms with Gasteiger partial charge in [-0.15, -0.1) is 6.42 Å². The van der Waals surface area contributed by atoms with Crippen LogP contribution in [0.5, 0.6) is 0 Å². The van der Waals surface area contributed by atoms with Gasteiger partial charge in [0.15, 0.2) is 6.61 Å². The number of carbonyl (C=O) groups excluding carboxylic acids is 3. The average molecular weight is 328 g/mol. The van der Waals surface area contributed by atoms with E-state index in [0.717, 1.165) is 5.56 Å². The number of carbonyl (C=O) groups is 3. The summed E-state index contributed by atoms with van der Waals surface area (Å²) in [6.45, 7) is 1.91. The lowest BCUT2D eigenvalue weighted by Crippen LogP contribution is -2.32. The maximum absolute atomic E-state index is 12.2. The fraction of sp³-hybridized carbons (Fsp3) is 0.389. The summed E-state index contributed by atoms with van der Waals surface area (Å²) in [5.41, 5.74) is 1.01. The van der Waals surface area contributed by atoms with Gasteiger partial charge in [0, 0.05) is 13.0 Å². The van der Waals surface area contributed by atoms with Crippen molar-refractivity contribution in [2.45, 2.75) is 19.4 Å². The quantitative estimate of drug-likeness (QED) is 0.621. The Morgan fingerprint density at radius 2 is 2.12 bits per heavy atom. The summed E-state index contributed by atoms with van der Waals surface area (Å²) in [4.78, 5) is 37.3. The van der Waals surface area contributed by atoms with Crippen LogP contribution in [0.1, 0.15) is 24.9 Å². The lowest BCUT2D eigenvalue weighted by atomic mass is 10.1. The lowest BCUT2D eigenvalue weighted by molar-refractivity contribution is -0.152. The maximum Gasteiger partial charge on any atom is 0.311 e. The number of amides is 2. The molecule has 0 radical (unpaired) electrons. The molecule has 6 heteroatoms. The van der Waals surface area contributed by atoms with Crippen LogP contribution < -0.4 is 5.32 Å². The summed E-state index contributed by atoms with van der Waals surface area (Å²) >= 11 is 0. The number of nitrogens with one attached hydrogen (secondary N) is 1. The van der Waals surface area contributed by atoms with Gasteiger partial charge in [-0.3, -0.25) is 14.4 Å². The highest BCUT2D eigenvalue weighted by Gasteiger charge is 2.38. The van der Waals surface area contributed by atoms with Gasteiger partial charge in [0.1, 0.15) is 0 Å². The molecule has 1 aromatic carbocycles. The number of benzene rings is 1. The van der Waals surface area contributed by atoms with Crippen molar-refractivity contribution in [3.8, 4) is 12.3 Å². The summed E-state index contributed by atoms with van der Waals surface area (Å²) < 4.78 is 4.97. The number of nitrogens with zero attached hydrogens (tertiary/aromatic N) is 1. The van der Waals surface area contributed by atoms with Crippen LogP contribution in [-0.2, 0) is 19.1 Å². The summed E-state index contributed by atoms with van der Waals surface area (Å²) in [7, 11) is 0. The number of terminal acetylenes is 1. The molecule has 1 N–H and O–H groups in total. The Balaban J connectivity index is 1.88. The molecule has 1 aliphatic rings. The molecule has 2 atom stereocenters. The van der Waals surface area contributed by atoms with Crippen molar-refractivity contribution in [3.05, 3.63) is 35.9 Å². The van der Waals surface area contributed by atoms with Crippen molar-refractivity contribution >= 4 is 17.8 Å². The van der Waals surface area contributed by atoms with E-state index in [-0.39, 0.29) is 31.5 Å². The third-order valence-electron chi connectivity index (χ3n) is 3.97. The standard InChI is InChI=1S/C18H20N2O4/c1-3-9-19-16(21)12-24-18(23)15-10-17(22)20(11-15)13(2)14-7-5-4-6-8-14/h1,4-8,13,15H,9-12H2,2H3,(H,19,21)/t13-,15-/m1/s1. The number of ether oxygens (including phenoxy) is 1. The van der Waals surface area contributed by atoms with Crippen molar-refractivity contribution in [1.29, 1.82) is 0 Å². The van der Waals surface area contributed by atoms with Gasteiger partial charge in [-0.25, -0.2) is 0 Å². The number of rotatable bonds is 6. The fourth-order valence-electron chi connectivity index (χ4n) is 2.63. The number of hydrogen-bond donors (Lipinski definition) is 1. The van der Waals surface area contributed by atoms with Crippen LogP contribution in [0.15, 0.2) is 30.3 Å². The minimum absolute atomic E-state index is 0.0840. The zero-order valence-electron chi connectivity index (χ0n) is 13.5. The zero-order chi connectivity index (χ0) is 17.5. The smallest absolute Gasteiger partial charge is 0.311 e. The van der Waals surface area contributed by atoms with E-state index in [9.17, 15) is 14.4 Å². The van der Waals surface area contributed by atoms with E-state index >= 15 is 0 Å². The molecule has 6 nitrogen and oxygen atoms in total. The van der Waals surface area contributed by atoms with Crippen molar-refractivity contribution in [3.63, 3.8) is 0 Å². The molecule has 126 valence electrons. The van der Waals surface area contributed by atoms with E-state index in [1.54, 1.807) is 4.90 Å². The normalized spacial score (nSPS) is 17.9. The molecular weight excluding hydrogens is 308 g/mol. The Kier molecular flexibility index (Phi) is 5.96. The Labute approximate surface area is 141 Å². The molecular formula is C18H20N2O4. The highest BCUT2D eigenvalue weighted by molar-refractivity contribution is 5.88. The summed E-state index contributed by atoms with van der Waals surface area (Å²) in [6, 6.07) is 9.50. The van der Waals surface area contributed by atoms with Gasteiger partial charge in [-0.1, -0.05) is 36.3 Å². The first-order chi connectivity index (χ1) is 11.5. The first-order valence-corrected chi connectivity index (χ1v) is 7.74. The van der Waals surface area contributed by atoms with Gasteiger partial charge < -0.3 is 15.0 Å². The largest absolute Gasteiger partial charge is 0.455 e. The number of hydrogen-bond acceptors (Lipinski definition) is 4. The summed E-state index contributed by atoms with van der Waals surface area (Å²) in [5.74, 6) is 0.615. The van der Waals surface area contributed by atoms with Gasteiger partial charge in [-0.2, -0.15) is 0 Å². The maximum atomic E-state index is 12.2. The second-order valence-electron chi connectivity index (χ2n) is 5.62. The third kappa shape index (κ3) is 4.35. The predicted octanol–water partition coefficient (Wildman–Crippen LogP) is 0.889. The Morgan fingerprint density at radius 3 is 2.79 bits per heavy atom. The van der Waals surface area contributed by atoms with E-state index in [0.29, 0.717) is 6.54 Å². The van der Waals surface area contributed by atoms with Gasteiger partial charge in [0.05, 0.1) is 18.5 Å². The highest BCUT2D eigenvalue weighted by atomic mass is 16.5. The summed E-state index contributed by atoms with van der Waals surface area (Å²) in [6.07, 6.45) is 5.12. The zero-order valence-corrected chi connectivity index (χ0v) is 13.5. The minimum Gasteiger partial charge on any atom is -0.455 e. The van der Waals surface area contributed by atoms with E-state index < -0.39 is 17.8 Å². The van der Waals surface area contributed by atoms with Crippen molar-refractivity contribution in [1.82, 2.24) is 10.2 Å². The summed E-state index contributed by atoms with van der Waals surface area (Å²) in [5, 5.41) is 2.41. The topological polar surface area (TPSA) is 75.7 Å². The van der Waals surface area contributed by atoms with E-state index in [1.807, 2.05) is 37.3 Å². The van der Waals surface area contributed by atoms with Crippen LogP contribution >= 0.6 is 0 Å². The average Bonchev–Trinajstić information content (AvgIpc) is 2.99. The number of esters is 1. The second kappa shape index (κ2) is 8.16. The molecule has 0 bridgehead atoms. The van der Waals surface area contributed by atoms with Crippen molar-refractivity contribution < 1.29 is 19.1 Å². The van der Waals surface area contributed by atoms with Crippen LogP contribution in [0.2, 0.25) is 0 Å². The van der Waals surface area contributed by atoms with Gasteiger partial charge in [0.25, 0.3) is 5.91 Å². The van der Waals surface area contributed by atoms with E-state index in [2.05, 4.69) is 11.2 Å². The van der Waals surface area contributed by atoms with Crippen LogP contribution in [0.25, 0.3) is 0 Å². The molecule has 1 fully saturated rings. The van der Waals surface area contributed by atoms with E-state index in [4.69, 9.17) is 11.2 Å². The van der Waals surface area contributed by atoms with Crippen LogP contribution in [0.4, 0.5) is 0 Å². The molecule has 1 heterocycles. The van der Waals surface area contributed by atoms with Crippen LogP contribution in [-0.4, -0.2) is 42.4 Å². The highest BCUT2D eigenvalue weighted by Crippen LogP contribution is 2.28. The van der Waals surface area contributed by atoms with E-state index in [1.165, 1.54) is 0 Å². The molecule has 0 aliphatic carbocycles. The molecule has 1 aliphatic heterocycles. The number of likely N-dealkylation sites (tertiary alicyclic amines) is 1. The lowest BCUT2D eigenvalue weighted by Gasteiger charge is -2.25. The molecule has 0 aromatic heterocycles. The van der Waals surface area contributed by atoms with Gasteiger partial charge in [-0.05, 0) is 12.5 Å². The second-order valence-corrected chi connectivity index (χ2v) is 5.62. The molecule has 0 saturated carbocycles. The van der Waals surface area contributed by atoms with Gasteiger partial charge >= 0.3 is 5.97 Å². The van der Waals surface area contributed by atoms with Crippen molar-refractivity contribution in [2.24, 2.45) is 5.92 Å². The molecule has 1 aromatic rings. The molecule has 0 unspecified atom stereocenters. The molecule has 2 amide bonds. The molecule has 2 rings (SSSR count). The predicted molar refractivity (Wildman–Crippen MR) is 87.5 cm³/mol. The minimum atomic E-state index is -0.552. The Hall–Kier alpha value is -2.81. The Morgan fingerprint density at radius 1 is 1.42 bits per heavy atom. The SMILES string of the molecule is C#CCNC(=O)COC(=O)[C@@H]1CC(=O)N([C@H](C)c2ccccc2)C1. The molecule has 0 spiro atoms. The van der Waals surface area contributed by atoms with Crippen LogP contribution in [0.3, 0.4) is 0 Å². The third-order valence-corrected chi connectivity index (χ3v) is 3.97.